The number of benzene rings is 1. The number of rotatable bonds is 7. The van der Waals surface area contributed by atoms with E-state index in [9.17, 15) is 21.6 Å². The SMILES string of the molecule is Cc1nn(CC(F)=CCN)c(C)c1Cc1cc(F)c(S(=O)(=O)N(C)C)cc1F.Cl. The van der Waals surface area contributed by atoms with Crippen molar-refractivity contribution in [2.75, 3.05) is 20.6 Å². The van der Waals surface area contributed by atoms with Crippen molar-refractivity contribution in [1.29, 1.82) is 0 Å². The molecule has 2 rings (SSSR count). The predicted molar refractivity (Wildman–Crippen MR) is 107 cm³/mol. The molecule has 0 aliphatic heterocycles. The Kier molecular flexibility index (Phi) is 8.46. The van der Waals surface area contributed by atoms with Gasteiger partial charge in [0.2, 0.25) is 10.0 Å². The fraction of sp³-hybridized carbons (Fsp3) is 0.389. The van der Waals surface area contributed by atoms with Crippen molar-refractivity contribution in [3.63, 3.8) is 0 Å². The van der Waals surface area contributed by atoms with Crippen molar-refractivity contribution < 1.29 is 21.6 Å². The molecule has 1 heterocycles. The van der Waals surface area contributed by atoms with Crippen LogP contribution in [0, 0.1) is 25.5 Å². The Hall–Kier alpha value is -1.88. The van der Waals surface area contributed by atoms with Gasteiger partial charge in [0, 0.05) is 38.3 Å². The lowest BCUT2D eigenvalue weighted by molar-refractivity contribution is 0.502. The van der Waals surface area contributed by atoms with Crippen molar-refractivity contribution in [3.8, 4) is 0 Å². The molecule has 2 aromatic rings. The fourth-order valence-corrected chi connectivity index (χ4v) is 3.72. The van der Waals surface area contributed by atoms with Crippen LogP contribution >= 0.6 is 12.4 Å². The zero-order valence-corrected chi connectivity index (χ0v) is 18.2. The minimum atomic E-state index is -4.11. The Morgan fingerprint density at radius 2 is 1.86 bits per heavy atom. The topological polar surface area (TPSA) is 81.2 Å². The summed E-state index contributed by atoms with van der Waals surface area (Å²) >= 11 is 0. The molecular weight excluding hydrogens is 429 g/mol. The van der Waals surface area contributed by atoms with Crippen LogP contribution in [0.5, 0.6) is 0 Å². The maximum absolute atomic E-state index is 14.5. The lowest BCUT2D eigenvalue weighted by Gasteiger charge is -2.13. The molecule has 162 valence electrons. The number of aryl methyl sites for hydroxylation is 1. The monoisotopic (exact) mass is 452 g/mol. The number of hydrogen-bond acceptors (Lipinski definition) is 4. The molecule has 0 spiro atoms. The van der Waals surface area contributed by atoms with Crippen LogP contribution in [0.3, 0.4) is 0 Å². The average molecular weight is 453 g/mol. The number of hydrogen-bond donors (Lipinski definition) is 1. The third kappa shape index (κ3) is 5.39. The van der Waals surface area contributed by atoms with Gasteiger partial charge >= 0.3 is 0 Å². The van der Waals surface area contributed by atoms with Gasteiger partial charge in [-0.05, 0) is 37.6 Å². The van der Waals surface area contributed by atoms with E-state index in [4.69, 9.17) is 5.73 Å². The molecule has 0 aliphatic rings. The number of sulfonamides is 1. The summed E-state index contributed by atoms with van der Waals surface area (Å²) in [6.07, 6.45) is 1.22. The van der Waals surface area contributed by atoms with Crippen molar-refractivity contribution >= 4 is 22.4 Å². The van der Waals surface area contributed by atoms with E-state index in [-0.39, 0.29) is 37.5 Å². The van der Waals surface area contributed by atoms with E-state index in [2.05, 4.69) is 5.10 Å². The van der Waals surface area contributed by atoms with E-state index in [1.165, 1.54) is 24.9 Å². The van der Waals surface area contributed by atoms with Crippen LogP contribution in [-0.2, 0) is 23.0 Å². The van der Waals surface area contributed by atoms with Crippen LogP contribution in [0.15, 0.2) is 28.9 Å². The van der Waals surface area contributed by atoms with Crippen LogP contribution in [0.2, 0.25) is 0 Å². The van der Waals surface area contributed by atoms with Gasteiger partial charge in [-0.3, -0.25) is 4.68 Å². The largest absolute Gasteiger partial charge is 0.327 e. The van der Waals surface area contributed by atoms with Gasteiger partial charge in [-0.15, -0.1) is 12.4 Å². The summed E-state index contributed by atoms with van der Waals surface area (Å²) in [5.41, 5.74) is 7.02. The summed E-state index contributed by atoms with van der Waals surface area (Å²) in [4.78, 5) is -0.725. The number of allylic oxidation sites excluding steroid dienone is 1. The summed E-state index contributed by atoms with van der Waals surface area (Å²) in [7, 11) is -1.64. The lowest BCUT2D eigenvalue weighted by Crippen LogP contribution is -2.23. The van der Waals surface area contributed by atoms with Crippen LogP contribution in [-0.4, -0.2) is 43.1 Å². The first-order valence-electron chi connectivity index (χ1n) is 8.47. The second kappa shape index (κ2) is 9.75. The van der Waals surface area contributed by atoms with Crippen molar-refractivity contribution in [2.45, 2.75) is 31.7 Å². The smallest absolute Gasteiger partial charge is 0.245 e. The molecular formula is C18H24ClF3N4O2S. The summed E-state index contributed by atoms with van der Waals surface area (Å²) in [5.74, 6) is -2.33. The molecule has 0 unspecified atom stereocenters. The van der Waals surface area contributed by atoms with Crippen molar-refractivity contribution in [2.24, 2.45) is 5.73 Å². The minimum absolute atomic E-state index is 0. The standard InChI is InChI=1S/C18H23F3N4O2S.ClH/c1-11-15(12(2)25(23-11)10-14(19)5-6-22)7-13-8-17(21)18(9-16(13)20)28(26,27)24(3)4;/h5,8-9H,6-7,10,22H2,1-4H3;1H. The Balaban J connectivity index is 0.00000420. The molecule has 1 aromatic carbocycles. The summed E-state index contributed by atoms with van der Waals surface area (Å²) in [5, 5.41) is 4.24. The minimum Gasteiger partial charge on any atom is -0.327 e. The van der Waals surface area contributed by atoms with E-state index in [0.29, 0.717) is 23.0 Å². The van der Waals surface area contributed by atoms with E-state index >= 15 is 0 Å². The zero-order chi connectivity index (χ0) is 21.2. The van der Waals surface area contributed by atoms with Crippen LogP contribution < -0.4 is 5.73 Å². The molecule has 0 amide bonds. The summed E-state index contributed by atoms with van der Waals surface area (Å²) in [6.45, 7) is 3.33. The molecule has 6 nitrogen and oxygen atoms in total. The second-order valence-electron chi connectivity index (χ2n) is 6.53. The second-order valence-corrected chi connectivity index (χ2v) is 8.65. The number of halogens is 4. The van der Waals surface area contributed by atoms with E-state index in [0.717, 1.165) is 10.4 Å². The highest BCUT2D eigenvalue weighted by molar-refractivity contribution is 7.89. The maximum Gasteiger partial charge on any atom is 0.245 e. The summed E-state index contributed by atoms with van der Waals surface area (Å²) < 4.78 is 69.1. The quantitative estimate of drug-likeness (QED) is 0.700. The van der Waals surface area contributed by atoms with Gasteiger partial charge in [-0.2, -0.15) is 5.10 Å². The van der Waals surface area contributed by atoms with Gasteiger partial charge in [-0.25, -0.2) is 25.9 Å². The zero-order valence-electron chi connectivity index (χ0n) is 16.5. The molecule has 0 saturated carbocycles. The van der Waals surface area contributed by atoms with Crippen molar-refractivity contribution in [1.82, 2.24) is 14.1 Å². The van der Waals surface area contributed by atoms with Gasteiger partial charge < -0.3 is 5.73 Å². The molecule has 0 atom stereocenters. The van der Waals surface area contributed by atoms with Gasteiger partial charge in [0.25, 0.3) is 0 Å². The van der Waals surface area contributed by atoms with Gasteiger partial charge in [0.15, 0.2) is 0 Å². The average Bonchev–Trinajstić information content (AvgIpc) is 2.85. The first-order valence-corrected chi connectivity index (χ1v) is 9.91. The maximum atomic E-state index is 14.5. The van der Waals surface area contributed by atoms with Gasteiger partial charge in [-0.1, -0.05) is 0 Å². The van der Waals surface area contributed by atoms with Crippen LogP contribution in [0.1, 0.15) is 22.5 Å². The molecule has 0 fully saturated rings. The van der Waals surface area contributed by atoms with E-state index < -0.39 is 32.4 Å². The van der Waals surface area contributed by atoms with Gasteiger partial charge in [0.1, 0.15) is 22.4 Å². The molecule has 29 heavy (non-hydrogen) atoms. The van der Waals surface area contributed by atoms with E-state index in [1.54, 1.807) is 13.8 Å². The highest BCUT2D eigenvalue weighted by Gasteiger charge is 2.25. The molecule has 11 heteroatoms. The Bertz CT molecular complexity index is 1020. The van der Waals surface area contributed by atoms with Gasteiger partial charge in [0.05, 0.1) is 12.2 Å². The Morgan fingerprint density at radius 1 is 1.24 bits per heavy atom. The lowest BCUT2D eigenvalue weighted by atomic mass is 10.0. The third-order valence-corrected chi connectivity index (χ3v) is 6.23. The highest BCUT2D eigenvalue weighted by Crippen LogP contribution is 2.25. The van der Waals surface area contributed by atoms with Crippen LogP contribution in [0.25, 0.3) is 0 Å². The third-order valence-electron chi connectivity index (χ3n) is 4.40. The summed E-state index contributed by atoms with van der Waals surface area (Å²) in [6, 6.07) is 1.55. The molecule has 0 radical (unpaired) electrons. The molecule has 0 aliphatic carbocycles. The van der Waals surface area contributed by atoms with Crippen LogP contribution in [0.4, 0.5) is 13.2 Å². The normalized spacial score (nSPS) is 12.4. The molecule has 2 N–H and O–H groups in total. The molecule has 0 saturated heterocycles. The van der Waals surface area contributed by atoms with E-state index in [1.807, 2.05) is 0 Å². The number of nitrogens with two attached hydrogens (primary N) is 1. The number of aromatic nitrogens is 2. The molecule has 0 bridgehead atoms. The van der Waals surface area contributed by atoms with Crippen molar-refractivity contribution in [3.05, 3.63) is 58.2 Å². The number of nitrogens with zero attached hydrogens (tertiary/aromatic N) is 3. The Morgan fingerprint density at radius 3 is 2.41 bits per heavy atom. The first kappa shape index (κ1) is 25.2. The Labute approximate surface area is 174 Å². The fourth-order valence-electron chi connectivity index (χ4n) is 2.77. The highest BCUT2D eigenvalue weighted by atomic mass is 35.5. The molecule has 1 aromatic heterocycles. The predicted octanol–water partition coefficient (Wildman–Crippen LogP) is 2.85. The first-order chi connectivity index (χ1) is 13.0.